The second-order valence-corrected chi connectivity index (χ2v) is 4.24. The highest BCUT2D eigenvalue weighted by molar-refractivity contribution is 5.38. The van der Waals surface area contributed by atoms with Crippen LogP contribution in [0, 0.1) is 18.3 Å². The Hall–Kier alpha value is -2.47. The van der Waals surface area contributed by atoms with Crippen molar-refractivity contribution in [2.45, 2.75) is 13.5 Å². The molecular weight excluding hydrogens is 238 g/mol. The zero-order valence-electron chi connectivity index (χ0n) is 11.0. The van der Waals surface area contributed by atoms with Gasteiger partial charge in [0.15, 0.2) is 0 Å². The van der Waals surface area contributed by atoms with E-state index in [1.807, 2.05) is 25.1 Å². The van der Waals surface area contributed by atoms with E-state index in [-0.39, 0.29) is 0 Å². The van der Waals surface area contributed by atoms with Crippen LogP contribution in [0.3, 0.4) is 0 Å². The molecule has 0 heterocycles. The molecule has 3 heteroatoms. The minimum Gasteiger partial charge on any atom is -0.496 e. The van der Waals surface area contributed by atoms with Crippen LogP contribution < -0.4 is 9.47 Å². The molecule has 0 saturated heterocycles. The topological polar surface area (TPSA) is 42.2 Å². The van der Waals surface area contributed by atoms with Gasteiger partial charge in [0.1, 0.15) is 18.1 Å². The van der Waals surface area contributed by atoms with Crippen LogP contribution in [0.15, 0.2) is 42.5 Å². The van der Waals surface area contributed by atoms with E-state index in [1.165, 1.54) is 5.56 Å². The molecule has 2 aromatic carbocycles. The van der Waals surface area contributed by atoms with Gasteiger partial charge in [-0.1, -0.05) is 11.6 Å². The quantitative estimate of drug-likeness (QED) is 0.838. The van der Waals surface area contributed by atoms with Crippen molar-refractivity contribution in [3.63, 3.8) is 0 Å². The Balaban J connectivity index is 2.09. The van der Waals surface area contributed by atoms with Crippen molar-refractivity contribution < 1.29 is 9.47 Å². The second-order valence-electron chi connectivity index (χ2n) is 4.24. The lowest BCUT2D eigenvalue weighted by atomic mass is 10.1. The number of hydrogen-bond donors (Lipinski definition) is 0. The van der Waals surface area contributed by atoms with E-state index in [9.17, 15) is 0 Å². The summed E-state index contributed by atoms with van der Waals surface area (Å²) in [5, 5.41) is 8.73. The van der Waals surface area contributed by atoms with E-state index < -0.39 is 0 Å². The maximum absolute atomic E-state index is 8.73. The number of rotatable bonds is 4. The highest BCUT2D eigenvalue weighted by atomic mass is 16.5. The Bertz CT molecular complexity index is 597. The van der Waals surface area contributed by atoms with Crippen LogP contribution in [-0.2, 0) is 6.61 Å². The Morgan fingerprint density at radius 3 is 2.47 bits per heavy atom. The lowest BCUT2D eigenvalue weighted by molar-refractivity contribution is 0.296. The lowest BCUT2D eigenvalue weighted by Crippen LogP contribution is -1.99. The van der Waals surface area contributed by atoms with Crippen molar-refractivity contribution in [2.75, 3.05) is 7.11 Å². The van der Waals surface area contributed by atoms with E-state index >= 15 is 0 Å². The average molecular weight is 253 g/mol. The number of benzene rings is 2. The van der Waals surface area contributed by atoms with E-state index in [4.69, 9.17) is 14.7 Å². The van der Waals surface area contributed by atoms with Crippen molar-refractivity contribution in [3.8, 4) is 17.6 Å². The third kappa shape index (κ3) is 3.26. The molecule has 0 radical (unpaired) electrons. The molecule has 0 saturated carbocycles. The van der Waals surface area contributed by atoms with Crippen molar-refractivity contribution in [1.29, 1.82) is 5.26 Å². The zero-order valence-corrected chi connectivity index (χ0v) is 11.0. The summed E-state index contributed by atoms with van der Waals surface area (Å²) in [6, 6.07) is 15.1. The Labute approximate surface area is 113 Å². The molecule has 19 heavy (non-hydrogen) atoms. The standard InChI is InChI=1S/C16H15NO2/c1-12-3-8-16(18-2)14(9-12)11-19-15-6-4-13(10-17)5-7-15/h3-9H,11H2,1-2H3. The van der Waals surface area contributed by atoms with Gasteiger partial charge in [0.05, 0.1) is 18.7 Å². The summed E-state index contributed by atoms with van der Waals surface area (Å²) >= 11 is 0. The molecule has 0 aliphatic rings. The fraction of sp³-hybridized carbons (Fsp3) is 0.188. The normalized spacial score (nSPS) is 9.74. The first-order valence-corrected chi connectivity index (χ1v) is 5.99. The number of nitrogens with zero attached hydrogens (tertiary/aromatic N) is 1. The van der Waals surface area contributed by atoms with Crippen molar-refractivity contribution in [1.82, 2.24) is 0 Å². The first-order chi connectivity index (χ1) is 9.22. The number of nitriles is 1. The number of aryl methyl sites for hydroxylation is 1. The maximum atomic E-state index is 8.73. The van der Waals surface area contributed by atoms with Crippen LogP contribution >= 0.6 is 0 Å². The van der Waals surface area contributed by atoms with Gasteiger partial charge in [0.25, 0.3) is 0 Å². The molecule has 0 bridgehead atoms. The van der Waals surface area contributed by atoms with Crippen LogP contribution in [0.5, 0.6) is 11.5 Å². The Kier molecular flexibility index (Phi) is 4.04. The SMILES string of the molecule is COc1ccc(C)cc1COc1ccc(C#N)cc1. The van der Waals surface area contributed by atoms with Gasteiger partial charge in [-0.25, -0.2) is 0 Å². The molecule has 0 amide bonds. The summed E-state index contributed by atoms with van der Waals surface area (Å²) in [5.41, 5.74) is 2.80. The molecule has 3 nitrogen and oxygen atoms in total. The molecule has 0 atom stereocenters. The summed E-state index contributed by atoms with van der Waals surface area (Å²) < 4.78 is 11.0. The predicted molar refractivity (Wildman–Crippen MR) is 73.2 cm³/mol. The van der Waals surface area contributed by atoms with E-state index in [1.54, 1.807) is 31.4 Å². The molecule has 0 N–H and O–H groups in total. The van der Waals surface area contributed by atoms with Crippen molar-refractivity contribution in [2.24, 2.45) is 0 Å². The summed E-state index contributed by atoms with van der Waals surface area (Å²) in [6.45, 7) is 2.47. The van der Waals surface area contributed by atoms with Crippen molar-refractivity contribution in [3.05, 3.63) is 59.2 Å². The Morgan fingerprint density at radius 2 is 1.84 bits per heavy atom. The van der Waals surface area contributed by atoms with Crippen LogP contribution in [0.4, 0.5) is 0 Å². The first kappa shape index (κ1) is 13.0. The first-order valence-electron chi connectivity index (χ1n) is 5.99. The van der Waals surface area contributed by atoms with Gasteiger partial charge in [-0.15, -0.1) is 0 Å². The summed E-state index contributed by atoms with van der Waals surface area (Å²) in [5.74, 6) is 1.56. The molecule has 0 unspecified atom stereocenters. The van der Waals surface area contributed by atoms with Gasteiger partial charge >= 0.3 is 0 Å². The summed E-state index contributed by atoms with van der Waals surface area (Å²) in [7, 11) is 1.65. The van der Waals surface area contributed by atoms with E-state index in [0.717, 1.165) is 17.1 Å². The second kappa shape index (κ2) is 5.92. The maximum Gasteiger partial charge on any atom is 0.125 e. The average Bonchev–Trinajstić information content (AvgIpc) is 2.46. The molecule has 2 aromatic rings. The van der Waals surface area contributed by atoms with Gasteiger partial charge in [-0.05, 0) is 43.3 Å². The summed E-state index contributed by atoms with van der Waals surface area (Å²) in [4.78, 5) is 0. The minimum atomic E-state index is 0.441. The third-order valence-corrected chi connectivity index (χ3v) is 2.81. The fourth-order valence-electron chi connectivity index (χ4n) is 1.81. The highest BCUT2D eigenvalue weighted by Crippen LogP contribution is 2.22. The third-order valence-electron chi connectivity index (χ3n) is 2.81. The molecule has 2 rings (SSSR count). The molecule has 96 valence electrons. The molecule has 0 aromatic heterocycles. The number of hydrogen-bond acceptors (Lipinski definition) is 3. The zero-order chi connectivity index (χ0) is 13.7. The summed E-state index contributed by atoms with van der Waals surface area (Å²) in [6.07, 6.45) is 0. The van der Waals surface area contributed by atoms with Gasteiger partial charge in [0, 0.05) is 5.56 Å². The molecule has 0 spiro atoms. The molecule has 0 aliphatic carbocycles. The van der Waals surface area contributed by atoms with Gasteiger partial charge < -0.3 is 9.47 Å². The van der Waals surface area contributed by atoms with Crippen LogP contribution in [0.25, 0.3) is 0 Å². The van der Waals surface area contributed by atoms with Crippen LogP contribution in [0.1, 0.15) is 16.7 Å². The molecular formula is C16H15NO2. The highest BCUT2D eigenvalue weighted by Gasteiger charge is 2.04. The van der Waals surface area contributed by atoms with Gasteiger partial charge in [0.2, 0.25) is 0 Å². The monoisotopic (exact) mass is 253 g/mol. The van der Waals surface area contributed by atoms with Crippen LogP contribution in [0.2, 0.25) is 0 Å². The molecule has 0 fully saturated rings. The van der Waals surface area contributed by atoms with Gasteiger partial charge in [-0.2, -0.15) is 5.26 Å². The van der Waals surface area contributed by atoms with Gasteiger partial charge in [-0.3, -0.25) is 0 Å². The number of methoxy groups -OCH3 is 1. The number of ether oxygens (including phenoxy) is 2. The largest absolute Gasteiger partial charge is 0.496 e. The fourth-order valence-corrected chi connectivity index (χ4v) is 1.81. The van der Waals surface area contributed by atoms with E-state index in [2.05, 4.69) is 6.07 Å². The van der Waals surface area contributed by atoms with E-state index in [0.29, 0.717) is 12.2 Å². The smallest absolute Gasteiger partial charge is 0.125 e. The predicted octanol–water partition coefficient (Wildman–Crippen LogP) is 3.45. The lowest BCUT2D eigenvalue weighted by Gasteiger charge is -2.11. The van der Waals surface area contributed by atoms with Crippen LogP contribution in [-0.4, -0.2) is 7.11 Å². The molecule has 0 aliphatic heterocycles. The minimum absolute atomic E-state index is 0.441. The Morgan fingerprint density at radius 1 is 1.11 bits per heavy atom. The van der Waals surface area contributed by atoms with Crippen molar-refractivity contribution >= 4 is 0 Å².